The number of nitrogens with zero attached hydrogens (tertiary/aromatic N) is 3. The molecule has 1 aliphatic rings. The van der Waals surface area contributed by atoms with Gasteiger partial charge in [-0.25, -0.2) is 9.97 Å². The molecule has 1 aliphatic heterocycles. The van der Waals surface area contributed by atoms with Crippen molar-refractivity contribution in [1.29, 1.82) is 0 Å². The molecule has 0 spiro atoms. The van der Waals surface area contributed by atoms with Crippen molar-refractivity contribution >= 4 is 23.3 Å². The van der Waals surface area contributed by atoms with Crippen LogP contribution in [-0.2, 0) is 11.5 Å². The molecule has 0 radical (unpaired) electrons. The largest absolute Gasteiger partial charge is 0.370 e. The monoisotopic (exact) mass is 302 g/mol. The second kappa shape index (κ2) is 5.69. The minimum Gasteiger partial charge on any atom is -0.370 e. The van der Waals surface area contributed by atoms with Crippen molar-refractivity contribution in [3.8, 4) is 11.4 Å². The molecule has 0 saturated carbocycles. The highest BCUT2D eigenvalue weighted by Crippen LogP contribution is 2.34. The van der Waals surface area contributed by atoms with Crippen molar-refractivity contribution < 1.29 is 4.92 Å². The van der Waals surface area contributed by atoms with E-state index in [1.54, 1.807) is 12.1 Å². The molecule has 2 heterocycles. The third-order valence-electron chi connectivity index (χ3n) is 3.26. The van der Waals surface area contributed by atoms with Gasteiger partial charge in [0.05, 0.1) is 10.6 Å². The average Bonchev–Trinajstić information content (AvgIpc) is 2.96. The summed E-state index contributed by atoms with van der Waals surface area (Å²) in [5, 5.41) is 14.0. The second-order valence-electron chi connectivity index (χ2n) is 4.65. The van der Waals surface area contributed by atoms with E-state index in [4.69, 9.17) is 0 Å². The lowest BCUT2D eigenvalue weighted by molar-refractivity contribution is -0.384. The Morgan fingerprint density at radius 1 is 1.29 bits per heavy atom. The molecule has 0 atom stereocenters. The third kappa shape index (κ3) is 2.69. The summed E-state index contributed by atoms with van der Waals surface area (Å²) in [7, 11) is 0. The predicted molar refractivity (Wildman–Crippen MR) is 83.3 cm³/mol. The molecule has 7 heteroatoms. The summed E-state index contributed by atoms with van der Waals surface area (Å²) in [6, 6.07) is 6.34. The molecule has 3 rings (SSSR count). The van der Waals surface area contributed by atoms with Crippen molar-refractivity contribution in [2.45, 2.75) is 18.4 Å². The zero-order valence-corrected chi connectivity index (χ0v) is 12.3. The van der Waals surface area contributed by atoms with Gasteiger partial charge in [-0.15, -0.1) is 0 Å². The van der Waals surface area contributed by atoms with Crippen molar-refractivity contribution in [1.82, 2.24) is 9.97 Å². The normalized spacial score (nSPS) is 13.0. The van der Waals surface area contributed by atoms with E-state index in [1.165, 1.54) is 17.7 Å². The lowest BCUT2D eigenvalue weighted by Gasteiger charge is -2.10. The summed E-state index contributed by atoms with van der Waals surface area (Å²) in [5.41, 5.74) is 3.09. The van der Waals surface area contributed by atoms with Gasteiger partial charge in [0.2, 0.25) is 0 Å². The molecular weight excluding hydrogens is 288 g/mol. The SMILES string of the molecule is CCNc1nc(-c2ccc([N+](=O)[O-])cc2)nc2c1CSC2. The molecule has 0 aliphatic carbocycles. The van der Waals surface area contributed by atoms with Crippen LogP contribution in [0.2, 0.25) is 0 Å². The molecule has 108 valence electrons. The van der Waals surface area contributed by atoms with Gasteiger partial charge in [-0.3, -0.25) is 10.1 Å². The van der Waals surface area contributed by atoms with E-state index in [1.807, 2.05) is 18.7 Å². The smallest absolute Gasteiger partial charge is 0.269 e. The maximum Gasteiger partial charge on any atom is 0.269 e. The van der Waals surface area contributed by atoms with Crippen molar-refractivity contribution in [2.75, 3.05) is 11.9 Å². The van der Waals surface area contributed by atoms with Crippen LogP contribution < -0.4 is 5.32 Å². The van der Waals surface area contributed by atoms with Gasteiger partial charge in [0.15, 0.2) is 5.82 Å². The van der Waals surface area contributed by atoms with Crippen molar-refractivity contribution in [3.05, 3.63) is 45.6 Å². The van der Waals surface area contributed by atoms with Crippen molar-refractivity contribution in [2.24, 2.45) is 0 Å². The Kier molecular flexibility index (Phi) is 3.74. The fourth-order valence-electron chi connectivity index (χ4n) is 2.23. The maximum absolute atomic E-state index is 10.7. The first kappa shape index (κ1) is 13.8. The number of nitro benzene ring substituents is 1. The Bertz CT molecular complexity index is 688. The van der Waals surface area contributed by atoms with E-state index in [9.17, 15) is 10.1 Å². The lowest BCUT2D eigenvalue weighted by Crippen LogP contribution is -2.06. The molecule has 2 aromatic rings. The van der Waals surface area contributed by atoms with Crippen LogP contribution in [0, 0.1) is 10.1 Å². The molecule has 1 aromatic carbocycles. The first-order valence-electron chi connectivity index (χ1n) is 6.65. The molecule has 1 N–H and O–H groups in total. The topological polar surface area (TPSA) is 81.0 Å². The van der Waals surface area contributed by atoms with Gasteiger partial charge >= 0.3 is 0 Å². The Hall–Kier alpha value is -2.15. The quantitative estimate of drug-likeness (QED) is 0.690. The van der Waals surface area contributed by atoms with Crippen LogP contribution in [0.1, 0.15) is 18.2 Å². The fourth-order valence-corrected chi connectivity index (χ4v) is 3.27. The Morgan fingerprint density at radius 3 is 2.71 bits per heavy atom. The van der Waals surface area contributed by atoms with Gasteiger partial charge in [-0.2, -0.15) is 11.8 Å². The molecule has 0 saturated heterocycles. The van der Waals surface area contributed by atoms with Crippen LogP contribution in [0.4, 0.5) is 11.5 Å². The highest BCUT2D eigenvalue weighted by atomic mass is 32.2. The first-order valence-corrected chi connectivity index (χ1v) is 7.80. The summed E-state index contributed by atoms with van der Waals surface area (Å²) in [5.74, 6) is 3.30. The van der Waals surface area contributed by atoms with Crippen LogP contribution in [0.15, 0.2) is 24.3 Å². The van der Waals surface area contributed by atoms with Crippen LogP contribution in [0.3, 0.4) is 0 Å². The Labute approximate surface area is 126 Å². The van der Waals surface area contributed by atoms with E-state index in [0.717, 1.165) is 35.1 Å². The Balaban J connectivity index is 2.02. The van der Waals surface area contributed by atoms with E-state index >= 15 is 0 Å². The molecule has 1 aromatic heterocycles. The number of hydrogen-bond donors (Lipinski definition) is 1. The van der Waals surface area contributed by atoms with Crippen LogP contribution >= 0.6 is 11.8 Å². The summed E-state index contributed by atoms with van der Waals surface area (Å²) < 4.78 is 0. The number of aromatic nitrogens is 2. The molecule has 0 unspecified atom stereocenters. The van der Waals surface area contributed by atoms with E-state index < -0.39 is 4.92 Å². The first-order chi connectivity index (χ1) is 10.2. The van der Waals surface area contributed by atoms with Gasteiger partial charge in [0.1, 0.15) is 5.82 Å². The van der Waals surface area contributed by atoms with E-state index in [-0.39, 0.29) is 5.69 Å². The molecule has 21 heavy (non-hydrogen) atoms. The van der Waals surface area contributed by atoms with Gasteiger partial charge in [-0.1, -0.05) is 0 Å². The van der Waals surface area contributed by atoms with Gasteiger partial charge in [-0.05, 0) is 19.1 Å². The average molecular weight is 302 g/mol. The van der Waals surface area contributed by atoms with Gasteiger partial charge < -0.3 is 5.32 Å². The number of hydrogen-bond acceptors (Lipinski definition) is 6. The molecular formula is C14H14N4O2S. The molecule has 0 bridgehead atoms. The highest BCUT2D eigenvalue weighted by Gasteiger charge is 2.20. The molecule has 6 nitrogen and oxygen atoms in total. The van der Waals surface area contributed by atoms with E-state index in [2.05, 4.69) is 15.3 Å². The van der Waals surface area contributed by atoms with Gasteiger partial charge in [0.25, 0.3) is 5.69 Å². The minimum atomic E-state index is -0.409. The zero-order valence-electron chi connectivity index (χ0n) is 11.5. The summed E-state index contributed by atoms with van der Waals surface area (Å²) in [6.45, 7) is 2.83. The number of nitrogens with one attached hydrogen (secondary N) is 1. The summed E-state index contributed by atoms with van der Waals surface area (Å²) in [4.78, 5) is 19.5. The number of nitro groups is 1. The predicted octanol–water partition coefficient (Wildman–Crippen LogP) is 3.23. The number of non-ortho nitro benzene ring substituents is 1. The highest BCUT2D eigenvalue weighted by molar-refractivity contribution is 7.98. The standard InChI is InChI=1S/C14H14N4O2S/c1-2-15-14-11-7-21-8-12(11)16-13(17-14)9-3-5-10(6-4-9)18(19)20/h3-6H,2,7-8H2,1H3,(H,15,16,17). The van der Waals surface area contributed by atoms with Crippen LogP contribution in [0.5, 0.6) is 0 Å². The second-order valence-corrected chi connectivity index (χ2v) is 5.63. The minimum absolute atomic E-state index is 0.0716. The summed E-state index contributed by atoms with van der Waals surface area (Å²) in [6.07, 6.45) is 0. The van der Waals surface area contributed by atoms with Gasteiger partial charge in [0, 0.05) is 41.3 Å². The zero-order chi connectivity index (χ0) is 14.8. The number of benzene rings is 1. The number of thioether (sulfide) groups is 1. The van der Waals surface area contributed by atoms with Crippen LogP contribution in [0.25, 0.3) is 11.4 Å². The summed E-state index contributed by atoms with van der Waals surface area (Å²) >= 11 is 1.82. The fraction of sp³-hybridized carbons (Fsp3) is 0.286. The number of fused-ring (bicyclic) bond motifs is 1. The molecule has 0 fully saturated rings. The van der Waals surface area contributed by atoms with Crippen molar-refractivity contribution in [3.63, 3.8) is 0 Å². The maximum atomic E-state index is 10.7. The van der Waals surface area contributed by atoms with E-state index in [0.29, 0.717) is 5.82 Å². The number of anilines is 1. The lowest BCUT2D eigenvalue weighted by atomic mass is 10.1. The number of rotatable bonds is 4. The van der Waals surface area contributed by atoms with Crippen LogP contribution in [-0.4, -0.2) is 21.4 Å². The molecule has 0 amide bonds. The third-order valence-corrected chi connectivity index (χ3v) is 4.23. The Morgan fingerprint density at radius 2 is 2.05 bits per heavy atom.